The topological polar surface area (TPSA) is 99.5 Å². The smallest absolute Gasteiger partial charge is 0.165 e. The van der Waals surface area contributed by atoms with Gasteiger partial charge in [-0.2, -0.15) is 5.06 Å². The summed E-state index contributed by atoms with van der Waals surface area (Å²) in [5.74, 6) is -0.406. The largest absolute Gasteiger partial charge is 0.394 e. The average Bonchev–Trinajstić information content (AvgIpc) is 2.35. The molecule has 1 rings (SSSR count). The van der Waals surface area contributed by atoms with Gasteiger partial charge in [-0.05, 0) is 6.92 Å². The lowest BCUT2D eigenvalue weighted by molar-refractivity contribution is -0.247. The van der Waals surface area contributed by atoms with E-state index in [1.54, 1.807) is 0 Å². The molecule has 0 aliphatic carbocycles. The minimum Gasteiger partial charge on any atom is -0.394 e. The highest BCUT2D eigenvalue weighted by Crippen LogP contribution is 2.10. The first-order valence-corrected chi connectivity index (χ1v) is 5.53. The quantitative estimate of drug-likeness (QED) is 0.497. The van der Waals surface area contributed by atoms with Gasteiger partial charge in [0.25, 0.3) is 0 Å². The molecule has 0 aromatic heterocycles. The van der Waals surface area contributed by atoms with E-state index in [2.05, 4.69) is 0 Å². The Labute approximate surface area is 99.5 Å². The molecule has 3 N–H and O–H groups in total. The van der Waals surface area contributed by atoms with Crippen molar-refractivity contribution in [1.82, 2.24) is 5.06 Å². The molecule has 17 heavy (non-hydrogen) atoms. The summed E-state index contributed by atoms with van der Waals surface area (Å²) in [5.41, 5.74) is 0. The summed E-state index contributed by atoms with van der Waals surface area (Å²) < 4.78 is 5.11. The minimum atomic E-state index is -1.44. The molecule has 1 heterocycles. The summed E-state index contributed by atoms with van der Waals surface area (Å²) >= 11 is 0. The number of morpholine rings is 1. The summed E-state index contributed by atoms with van der Waals surface area (Å²) in [7, 11) is 0. The van der Waals surface area contributed by atoms with Crippen molar-refractivity contribution in [1.29, 1.82) is 0 Å². The molecule has 1 saturated heterocycles. The summed E-state index contributed by atoms with van der Waals surface area (Å²) in [5, 5.41) is 29.2. The van der Waals surface area contributed by atoms with Crippen LogP contribution in [0.2, 0.25) is 0 Å². The van der Waals surface area contributed by atoms with Crippen molar-refractivity contribution in [2.24, 2.45) is 0 Å². The van der Waals surface area contributed by atoms with Gasteiger partial charge in [-0.25, -0.2) is 0 Å². The van der Waals surface area contributed by atoms with Crippen LogP contribution >= 0.6 is 0 Å². The van der Waals surface area contributed by atoms with Crippen LogP contribution in [-0.2, 0) is 14.4 Å². The third-order valence-electron chi connectivity index (χ3n) is 2.52. The first kappa shape index (κ1) is 14.5. The molecular weight excluding hydrogens is 230 g/mol. The van der Waals surface area contributed by atoms with Crippen LogP contribution in [-0.4, -0.2) is 77.4 Å². The van der Waals surface area contributed by atoms with Crippen molar-refractivity contribution in [2.45, 2.75) is 25.2 Å². The molecule has 0 unspecified atom stereocenters. The van der Waals surface area contributed by atoms with Crippen LogP contribution in [0.4, 0.5) is 0 Å². The molecule has 0 amide bonds. The second-order valence-electron chi connectivity index (χ2n) is 3.92. The van der Waals surface area contributed by atoms with E-state index in [-0.39, 0.29) is 0 Å². The Morgan fingerprint density at radius 1 is 1.41 bits per heavy atom. The molecule has 0 saturated carbocycles. The maximum Gasteiger partial charge on any atom is 0.165 e. The van der Waals surface area contributed by atoms with Gasteiger partial charge in [-0.15, -0.1) is 0 Å². The van der Waals surface area contributed by atoms with Gasteiger partial charge in [0.05, 0.1) is 19.8 Å². The maximum atomic E-state index is 11.3. The number of hydrogen-bond donors (Lipinski definition) is 3. The number of nitrogens with zero attached hydrogens (tertiary/aromatic N) is 1. The molecule has 0 bridgehead atoms. The SMILES string of the molecule is CC(=O)[C@@H](ON1CCOCC1)[C@H](O)[C@H](O)CO. The van der Waals surface area contributed by atoms with Gasteiger partial charge in [0.1, 0.15) is 12.2 Å². The van der Waals surface area contributed by atoms with Gasteiger partial charge >= 0.3 is 0 Å². The molecule has 0 radical (unpaired) electrons. The standard InChI is InChI=1S/C10H19NO6/c1-7(13)10(9(15)8(14)6-12)17-11-2-4-16-5-3-11/h8-10,12,14-15H,2-6H2,1H3/t8-,9-,10-/m1/s1. The van der Waals surface area contributed by atoms with E-state index in [4.69, 9.17) is 14.7 Å². The number of rotatable bonds is 6. The van der Waals surface area contributed by atoms with E-state index < -0.39 is 30.7 Å². The second kappa shape index (κ2) is 7.00. The highest BCUT2D eigenvalue weighted by Gasteiger charge is 2.32. The molecule has 0 spiro atoms. The Bertz CT molecular complexity index is 243. The van der Waals surface area contributed by atoms with Gasteiger partial charge in [0.2, 0.25) is 0 Å². The van der Waals surface area contributed by atoms with Crippen LogP contribution in [0.15, 0.2) is 0 Å². The Morgan fingerprint density at radius 3 is 2.47 bits per heavy atom. The highest BCUT2D eigenvalue weighted by molar-refractivity contribution is 5.81. The molecule has 7 heteroatoms. The fourth-order valence-corrected chi connectivity index (χ4v) is 1.50. The number of aliphatic hydroxyl groups excluding tert-OH is 3. The van der Waals surface area contributed by atoms with Gasteiger partial charge < -0.3 is 20.1 Å². The molecule has 1 aliphatic rings. The lowest BCUT2D eigenvalue weighted by Gasteiger charge is -2.32. The van der Waals surface area contributed by atoms with E-state index in [9.17, 15) is 15.0 Å². The molecule has 0 aromatic carbocycles. The summed E-state index contributed by atoms with van der Waals surface area (Å²) in [6.07, 6.45) is -4.01. The Balaban J connectivity index is 2.55. The Kier molecular flexibility index (Phi) is 5.96. The van der Waals surface area contributed by atoms with E-state index in [1.807, 2.05) is 0 Å². The summed E-state index contributed by atoms with van der Waals surface area (Å²) in [4.78, 5) is 16.7. The van der Waals surface area contributed by atoms with Crippen molar-refractivity contribution >= 4 is 5.78 Å². The summed E-state index contributed by atoms with van der Waals surface area (Å²) in [6, 6.07) is 0. The van der Waals surface area contributed by atoms with Gasteiger partial charge in [0.15, 0.2) is 11.9 Å². The average molecular weight is 249 g/mol. The molecule has 3 atom stereocenters. The van der Waals surface area contributed by atoms with Crippen molar-refractivity contribution in [3.63, 3.8) is 0 Å². The number of hydrogen-bond acceptors (Lipinski definition) is 7. The van der Waals surface area contributed by atoms with E-state index in [1.165, 1.54) is 12.0 Å². The van der Waals surface area contributed by atoms with E-state index in [0.29, 0.717) is 26.3 Å². The second-order valence-corrected chi connectivity index (χ2v) is 3.92. The number of carbonyl (C=O) groups excluding carboxylic acids is 1. The summed E-state index contributed by atoms with van der Waals surface area (Å²) in [6.45, 7) is 2.60. The molecule has 100 valence electrons. The van der Waals surface area contributed by atoms with Crippen LogP contribution in [0.5, 0.6) is 0 Å². The number of carbonyl (C=O) groups is 1. The fourth-order valence-electron chi connectivity index (χ4n) is 1.50. The van der Waals surface area contributed by atoms with Gasteiger partial charge in [-0.3, -0.25) is 9.63 Å². The van der Waals surface area contributed by atoms with Crippen molar-refractivity contribution in [3.8, 4) is 0 Å². The number of ketones is 1. The lowest BCUT2D eigenvalue weighted by Crippen LogP contribution is -2.49. The van der Waals surface area contributed by atoms with Crippen LogP contribution < -0.4 is 0 Å². The third-order valence-corrected chi connectivity index (χ3v) is 2.52. The normalized spacial score (nSPS) is 23.1. The van der Waals surface area contributed by atoms with Crippen molar-refractivity contribution < 1.29 is 29.7 Å². The van der Waals surface area contributed by atoms with Crippen molar-refractivity contribution in [3.05, 3.63) is 0 Å². The van der Waals surface area contributed by atoms with Crippen LogP contribution in [0.3, 0.4) is 0 Å². The molecule has 1 aliphatic heterocycles. The zero-order valence-electron chi connectivity index (χ0n) is 9.78. The maximum absolute atomic E-state index is 11.3. The monoisotopic (exact) mass is 249 g/mol. The lowest BCUT2D eigenvalue weighted by atomic mass is 10.1. The van der Waals surface area contributed by atoms with Crippen molar-refractivity contribution in [2.75, 3.05) is 32.9 Å². The predicted octanol–water partition coefficient (Wildman–Crippen LogP) is -2.08. The molecule has 1 fully saturated rings. The Morgan fingerprint density at radius 2 is 2.00 bits per heavy atom. The highest BCUT2D eigenvalue weighted by atomic mass is 16.7. The zero-order chi connectivity index (χ0) is 12.8. The predicted molar refractivity (Wildman–Crippen MR) is 57.0 cm³/mol. The van der Waals surface area contributed by atoms with Gasteiger partial charge in [-0.1, -0.05) is 0 Å². The molecular formula is C10H19NO6. The van der Waals surface area contributed by atoms with Gasteiger partial charge in [0, 0.05) is 13.1 Å². The van der Waals surface area contributed by atoms with Crippen LogP contribution in [0.25, 0.3) is 0 Å². The number of Topliss-reactive ketones (excluding diaryl/α,β-unsaturated/α-hetero) is 1. The first-order valence-electron chi connectivity index (χ1n) is 5.53. The van der Waals surface area contributed by atoms with Crippen LogP contribution in [0, 0.1) is 0 Å². The number of hydroxylamine groups is 2. The number of aliphatic hydroxyl groups is 3. The number of ether oxygens (including phenoxy) is 1. The zero-order valence-corrected chi connectivity index (χ0v) is 9.78. The van der Waals surface area contributed by atoms with E-state index in [0.717, 1.165) is 0 Å². The fraction of sp³-hybridized carbons (Fsp3) is 0.900. The molecule has 0 aromatic rings. The van der Waals surface area contributed by atoms with E-state index >= 15 is 0 Å². The Hall–Kier alpha value is -0.570. The third kappa shape index (κ3) is 4.30. The first-order chi connectivity index (χ1) is 8.06. The van der Waals surface area contributed by atoms with Crippen LogP contribution in [0.1, 0.15) is 6.92 Å². The molecule has 7 nitrogen and oxygen atoms in total. The minimum absolute atomic E-state index is 0.406.